The van der Waals surface area contributed by atoms with E-state index in [1.165, 1.54) is 58.4 Å². The smallest absolute Gasteiger partial charge is 0.327 e. The Kier molecular flexibility index (Phi) is 12.2. The lowest BCUT2D eigenvalue weighted by Gasteiger charge is -2.20. The van der Waals surface area contributed by atoms with E-state index < -0.39 is 11.5 Å². The number of thioether (sulfide) groups is 1. The number of carbonyl (C=O) groups excluding carboxylic acids is 1. The second-order valence-corrected chi connectivity index (χ2v) is 11.4. The van der Waals surface area contributed by atoms with Crippen molar-refractivity contribution < 1.29 is 14.3 Å². The second kappa shape index (κ2) is 15.3. The highest BCUT2D eigenvalue weighted by molar-refractivity contribution is 7.98. The first-order valence-corrected chi connectivity index (χ1v) is 15.4. The molecule has 1 atom stereocenters. The summed E-state index contributed by atoms with van der Waals surface area (Å²) in [5.74, 6) is 0.484. The molecule has 4 N–H and O–H groups in total. The van der Waals surface area contributed by atoms with E-state index in [0.29, 0.717) is 13.2 Å². The summed E-state index contributed by atoms with van der Waals surface area (Å²) in [5.41, 5.74) is 17.1. The van der Waals surface area contributed by atoms with E-state index in [9.17, 15) is 4.79 Å². The molecule has 0 saturated heterocycles. The average molecular weight is 539 g/mol. The van der Waals surface area contributed by atoms with Crippen molar-refractivity contribution >= 4 is 29.4 Å². The van der Waals surface area contributed by atoms with Gasteiger partial charge in [0.05, 0.1) is 13.2 Å². The Morgan fingerprint density at radius 1 is 1.03 bits per heavy atom. The molecule has 3 rings (SSSR count). The van der Waals surface area contributed by atoms with Crippen molar-refractivity contribution in [3.8, 4) is 5.75 Å². The summed E-state index contributed by atoms with van der Waals surface area (Å²) in [4.78, 5) is 13.2. The normalized spacial score (nSPS) is 14.7. The van der Waals surface area contributed by atoms with Crippen molar-refractivity contribution in [1.29, 1.82) is 0 Å². The third-order valence-electron chi connectivity index (χ3n) is 7.20. The maximum Gasteiger partial charge on any atom is 0.327 e. The molecule has 1 aliphatic rings. The van der Waals surface area contributed by atoms with Crippen molar-refractivity contribution in [3.63, 3.8) is 0 Å². The van der Waals surface area contributed by atoms with Gasteiger partial charge in [-0.05, 0) is 111 Å². The Morgan fingerprint density at radius 3 is 2.61 bits per heavy atom. The van der Waals surface area contributed by atoms with E-state index >= 15 is 0 Å². The van der Waals surface area contributed by atoms with Gasteiger partial charge < -0.3 is 20.9 Å². The van der Waals surface area contributed by atoms with E-state index in [-0.39, 0.29) is 6.54 Å². The maximum absolute atomic E-state index is 11.8. The number of hydrogen-bond acceptors (Lipinski definition) is 6. The van der Waals surface area contributed by atoms with Crippen LogP contribution in [0, 0.1) is 0 Å². The third kappa shape index (κ3) is 8.89. The van der Waals surface area contributed by atoms with Gasteiger partial charge in [0.1, 0.15) is 11.3 Å². The summed E-state index contributed by atoms with van der Waals surface area (Å²) < 4.78 is 11.3. The molecule has 2 aromatic carbocycles. The lowest BCUT2D eigenvalue weighted by molar-refractivity contribution is -0.149. The van der Waals surface area contributed by atoms with Crippen LogP contribution in [0.2, 0.25) is 0 Å². The Balaban J connectivity index is 1.53. The van der Waals surface area contributed by atoms with E-state index in [1.807, 2.05) is 11.8 Å². The molecule has 1 aliphatic carbocycles. The van der Waals surface area contributed by atoms with Crippen LogP contribution < -0.4 is 16.2 Å². The van der Waals surface area contributed by atoms with Crippen LogP contribution in [0.15, 0.2) is 41.3 Å². The quantitative estimate of drug-likeness (QED) is 0.148. The zero-order chi connectivity index (χ0) is 27.4. The first-order valence-electron chi connectivity index (χ1n) is 14.2. The molecular weight excluding hydrogens is 492 g/mol. The van der Waals surface area contributed by atoms with Gasteiger partial charge in [-0.15, -0.1) is 11.8 Å². The highest BCUT2D eigenvalue weighted by Gasteiger charge is 2.28. The van der Waals surface area contributed by atoms with Crippen molar-refractivity contribution in [1.82, 2.24) is 0 Å². The van der Waals surface area contributed by atoms with Gasteiger partial charge in [-0.2, -0.15) is 0 Å². The molecule has 0 aromatic heterocycles. The average Bonchev–Trinajstić information content (AvgIpc) is 3.14. The van der Waals surface area contributed by atoms with Crippen LogP contribution in [-0.2, 0) is 22.4 Å². The van der Waals surface area contributed by atoms with E-state index in [0.717, 1.165) is 44.3 Å². The minimum absolute atomic E-state index is 0.0721. The summed E-state index contributed by atoms with van der Waals surface area (Å²) in [7, 11) is 0. The summed E-state index contributed by atoms with van der Waals surface area (Å²) >= 11 is 1.86. The monoisotopic (exact) mass is 538 g/mol. The number of carbonyl (C=O) groups is 1. The fourth-order valence-corrected chi connectivity index (χ4v) is 5.38. The number of ether oxygens (including phenoxy) is 2. The molecule has 1 unspecified atom stereocenters. The zero-order valence-corrected chi connectivity index (χ0v) is 24.3. The molecule has 0 heterocycles. The molecular formula is C32H46N2O3S. The maximum atomic E-state index is 11.8. The van der Waals surface area contributed by atoms with Crippen LogP contribution in [0.3, 0.4) is 0 Å². The second-order valence-electron chi connectivity index (χ2n) is 10.5. The van der Waals surface area contributed by atoms with Gasteiger partial charge in [0.2, 0.25) is 0 Å². The number of fused-ring (bicyclic) bond motifs is 1. The van der Waals surface area contributed by atoms with Crippen molar-refractivity contribution in [2.45, 2.75) is 88.5 Å². The number of unbranched alkanes of at least 4 members (excludes halogenated alkanes) is 4. The molecule has 0 radical (unpaired) electrons. The predicted molar refractivity (Wildman–Crippen MR) is 161 cm³/mol. The van der Waals surface area contributed by atoms with E-state index in [2.05, 4.69) is 55.7 Å². The predicted octanol–water partition coefficient (Wildman–Crippen LogP) is 6.79. The largest absolute Gasteiger partial charge is 0.494 e. The van der Waals surface area contributed by atoms with Gasteiger partial charge in [0.25, 0.3) is 0 Å². The number of aryl methyl sites for hydroxylation is 2. The van der Waals surface area contributed by atoms with Crippen LogP contribution in [-0.4, -0.2) is 37.5 Å². The highest BCUT2D eigenvalue weighted by atomic mass is 32.2. The zero-order valence-electron chi connectivity index (χ0n) is 23.5. The van der Waals surface area contributed by atoms with Crippen molar-refractivity contribution in [2.75, 3.05) is 26.0 Å². The number of hydrogen-bond donors (Lipinski definition) is 2. The van der Waals surface area contributed by atoms with Gasteiger partial charge >= 0.3 is 5.97 Å². The molecule has 0 aliphatic heterocycles. The molecule has 6 heteroatoms. The molecule has 0 fully saturated rings. The fourth-order valence-electron chi connectivity index (χ4n) is 4.69. The van der Waals surface area contributed by atoms with Crippen molar-refractivity contribution in [3.05, 3.63) is 58.7 Å². The first-order chi connectivity index (χ1) is 18.4. The van der Waals surface area contributed by atoms with Crippen LogP contribution in [0.4, 0.5) is 0 Å². The Morgan fingerprint density at radius 2 is 1.84 bits per heavy atom. The van der Waals surface area contributed by atoms with Crippen LogP contribution in [0.5, 0.6) is 5.75 Å². The molecule has 208 valence electrons. The molecule has 38 heavy (non-hydrogen) atoms. The van der Waals surface area contributed by atoms with Gasteiger partial charge in [0, 0.05) is 11.4 Å². The summed E-state index contributed by atoms with van der Waals surface area (Å²) in [6.07, 6.45) is 15.5. The summed E-state index contributed by atoms with van der Waals surface area (Å²) in [5, 5.41) is 0. The minimum atomic E-state index is -1.11. The SMILES string of the molecule is CCCCCc1ccc(C2=Cc3ccc(OCCCCCOC(=O)C(C)(N)CN)cc3CCC2)c(SC)c1. The van der Waals surface area contributed by atoms with Gasteiger partial charge in [-0.25, -0.2) is 0 Å². The Hall–Kier alpha value is -2.28. The first kappa shape index (κ1) is 30.3. The van der Waals surface area contributed by atoms with Gasteiger partial charge in [-0.3, -0.25) is 4.79 Å². The third-order valence-corrected chi connectivity index (χ3v) is 7.98. The van der Waals surface area contributed by atoms with E-state index in [1.54, 1.807) is 6.92 Å². The van der Waals surface area contributed by atoms with Crippen LogP contribution >= 0.6 is 11.8 Å². The number of benzene rings is 2. The number of allylic oxidation sites excluding steroid dienone is 1. The fraction of sp³-hybridized carbons (Fsp3) is 0.531. The number of nitrogens with two attached hydrogens (primary N) is 2. The molecule has 0 amide bonds. The lowest BCUT2D eigenvalue weighted by atomic mass is 9.97. The Bertz CT molecular complexity index is 1080. The molecule has 2 aromatic rings. The van der Waals surface area contributed by atoms with Crippen LogP contribution in [0.1, 0.15) is 87.5 Å². The molecule has 5 nitrogen and oxygen atoms in total. The summed E-state index contributed by atoms with van der Waals surface area (Å²) in [6, 6.07) is 13.6. The lowest BCUT2D eigenvalue weighted by Crippen LogP contribution is -2.52. The highest BCUT2D eigenvalue weighted by Crippen LogP contribution is 2.36. The standard InChI is InChI=1S/C32H46N2O3S/c1-4-5-7-11-24-14-17-29(30(20-24)38-3)27-13-10-12-25-22-28(16-15-26(25)21-27)36-18-8-6-9-19-37-31(35)32(2,34)23-33/h14-17,20-22H,4-13,18-19,23,33-34H2,1-3H3. The van der Waals surface area contributed by atoms with Gasteiger partial charge in [0.15, 0.2) is 0 Å². The molecule has 0 bridgehead atoms. The van der Waals surface area contributed by atoms with Gasteiger partial charge in [-0.1, -0.05) is 44.0 Å². The number of esters is 1. The summed E-state index contributed by atoms with van der Waals surface area (Å²) in [6.45, 7) is 4.93. The van der Waals surface area contributed by atoms with Crippen LogP contribution in [0.25, 0.3) is 11.6 Å². The minimum Gasteiger partial charge on any atom is -0.494 e. The molecule has 0 saturated carbocycles. The van der Waals surface area contributed by atoms with E-state index in [4.69, 9.17) is 20.9 Å². The van der Waals surface area contributed by atoms with Crippen molar-refractivity contribution in [2.24, 2.45) is 11.5 Å². The topological polar surface area (TPSA) is 87.6 Å². The number of rotatable bonds is 15. The Labute approximate surface area is 233 Å². The molecule has 0 spiro atoms.